The Morgan fingerprint density at radius 1 is 1.38 bits per heavy atom. The Hall–Kier alpha value is -3.25. The normalized spacial score (nSPS) is 11.9. The third-order valence-electron chi connectivity index (χ3n) is 3.80. The number of hydrogen-bond acceptors (Lipinski definition) is 10. The van der Waals surface area contributed by atoms with Crippen LogP contribution < -0.4 is 21.0 Å². The summed E-state index contributed by atoms with van der Waals surface area (Å²) in [4.78, 5) is 24.8. The number of carbonyl (C=O) groups is 1. The van der Waals surface area contributed by atoms with Crippen LogP contribution in [0.4, 0.5) is 10.8 Å². The predicted octanol–water partition coefficient (Wildman–Crippen LogP) is 1.69. The van der Waals surface area contributed by atoms with Gasteiger partial charge in [-0.1, -0.05) is 11.3 Å². The molecule has 1 amide bonds. The van der Waals surface area contributed by atoms with Crippen LogP contribution in [-0.4, -0.2) is 52.8 Å². The number of nitrogens with one attached hydrogen (secondary N) is 2. The molecule has 0 aromatic carbocycles. The zero-order chi connectivity index (χ0) is 21.0. The monoisotopic (exact) mass is 420 g/mol. The molecule has 0 saturated carbocycles. The van der Waals surface area contributed by atoms with Crippen molar-refractivity contribution in [1.29, 1.82) is 0 Å². The molecule has 29 heavy (non-hydrogen) atoms. The van der Waals surface area contributed by atoms with E-state index in [-0.39, 0.29) is 22.7 Å². The molecule has 0 aliphatic rings. The van der Waals surface area contributed by atoms with E-state index in [1.165, 1.54) is 13.2 Å². The Morgan fingerprint density at radius 2 is 2.17 bits per heavy atom. The van der Waals surface area contributed by atoms with Crippen molar-refractivity contribution in [2.75, 3.05) is 31.5 Å². The highest BCUT2D eigenvalue weighted by molar-refractivity contribution is 7.17. The summed E-state index contributed by atoms with van der Waals surface area (Å²) in [5.74, 6) is -0.876. The van der Waals surface area contributed by atoms with E-state index >= 15 is 0 Å². The number of hydrogen-bond donors (Lipinski definition) is 2. The Morgan fingerprint density at radius 3 is 2.83 bits per heavy atom. The van der Waals surface area contributed by atoms with Crippen LogP contribution in [0.25, 0.3) is 5.13 Å². The van der Waals surface area contributed by atoms with Gasteiger partial charge in [0.25, 0.3) is 5.91 Å². The first-order valence-corrected chi connectivity index (χ1v) is 9.38. The molecular formula is C17H20N6O5S. The molecule has 3 aromatic heterocycles. The Bertz CT molecular complexity index is 1060. The minimum Gasteiger partial charge on any atom is -0.488 e. The topological polar surface area (TPSA) is 133 Å². The molecule has 11 nitrogen and oxygen atoms in total. The second kappa shape index (κ2) is 8.84. The maximum absolute atomic E-state index is 12.6. The summed E-state index contributed by atoms with van der Waals surface area (Å²) >= 11 is 1.13. The van der Waals surface area contributed by atoms with Crippen LogP contribution in [0.2, 0.25) is 0 Å². The lowest BCUT2D eigenvalue weighted by Crippen LogP contribution is -2.23. The molecule has 0 saturated heterocycles. The zero-order valence-corrected chi connectivity index (χ0v) is 17.1. The third-order valence-corrected chi connectivity index (χ3v) is 4.62. The minimum atomic E-state index is -0.780. The fourth-order valence-electron chi connectivity index (χ4n) is 2.53. The highest BCUT2D eigenvalue weighted by atomic mass is 32.1. The summed E-state index contributed by atoms with van der Waals surface area (Å²) in [6.45, 7) is 4.13. The number of nitrogens with zero attached hydrogens (tertiary/aromatic N) is 4. The first-order chi connectivity index (χ1) is 13.9. The quantitative estimate of drug-likeness (QED) is 0.558. The van der Waals surface area contributed by atoms with Crippen LogP contribution in [0.15, 0.2) is 27.5 Å². The average molecular weight is 420 g/mol. The van der Waals surface area contributed by atoms with E-state index in [9.17, 15) is 9.59 Å². The molecule has 0 aliphatic carbocycles. The summed E-state index contributed by atoms with van der Waals surface area (Å²) in [6, 6.07) is 3.08. The first kappa shape index (κ1) is 20.5. The van der Waals surface area contributed by atoms with Crippen molar-refractivity contribution in [1.82, 2.24) is 20.0 Å². The maximum Gasteiger partial charge on any atom is 0.381 e. The van der Waals surface area contributed by atoms with E-state index in [0.29, 0.717) is 17.4 Å². The number of aryl methyl sites for hydroxylation is 1. The lowest BCUT2D eigenvalue weighted by molar-refractivity contribution is 0.0991. The summed E-state index contributed by atoms with van der Waals surface area (Å²) in [6.07, 6.45) is 1.64. The van der Waals surface area contributed by atoms with Gasteiger partial charge in [0.05, 0.1) is 19.4 Å². The van der Waals surface area contributed by atoms with Gasteiger partial charge in [0.15, 0.2) is 5.76 Å². The van der Waals surface area contributed by atoms with Gasteiger partial charge in [-0.15, -0.1) is 10.2 Å². The van der Waals surface area contributed by atoms with Gasteiger partial charge in [0.1, 0.15) is 0 Å². The Balaban J connectivity index is 1.82. The van der Waals surface area contributed by atoms with E-state index in [1.54, 1.807) is 18.0 Å². The molecular weight excluding hydrogens is 400 g/mol. The number of amides is 1. The number of rotatable bonds is 8. The smallest absolute Gasteiger partial charge is 0.381 e. The molecule has 154 valence electrons. The molecule has 2 N–H and O–H groups in total. The fourth-order valence-corrected chi connectivity index (χ4v) is 3.29. The van der Waals surface area contributed by atoms with Crippen LogP contribution in [0, 0.1) is 6.92 Å². The second-order valence-electron chi connectivity index (χ2n) is 6.07. The number of anilines is 2. The van der Waals surface area contributed by atoms with Gasteiger partial charge in [0.2, 0.25) is 16.0 Å². The van der Waals surface area contributed by atoms with Crippen molar-refractivity contribution in [2.45, 2.75) is 19.9 Å². The van der Waals surface area contributed by atoms with Gasteiger partial charge in [-0.2, -0.15) is 5.10 Å². The summed E-state index contributed by atoms with van der Waals surface area (Å²) < 4.78 is 16.9. The molecule has 0 fully saturated rings. The van der Waals surface area contributed by atoms with Crippen LogP contribution >= 0.6 is 11.3 Å². The summed E-state index contributed by atoms with van der Waals surface area (Å²) in [7, 11) is 2.91. The molecule has 12 heteroatoms. The van der Waals surface area contributed by atoms with E-state index in [2.05, 4.69) is 25.9 Å². The fraction of sp³-hybridized carbons (Fsp3) is 0.353. The summed E-state index contributed by atoms with van der Waals surface area (Å²) in [5.41, 5.74) is 0.419. The van der Waals surface area contributed by atoms with E-state index in [0.717, 1.165) is 17.0 Å². The number of carbonyl (C=O) groups excluding carboxylic acids is 1. The Labute approximate surface area is 169 Å². The highest BCUT2D eigenvalue weighted by Gasteiger charge is 2.20. The van der Waals surface area contributed by atoms with Crippen molar-refractivity contribution in [3.63, 3.8) is 0 Å². The molecule has 0 aliphatic heterocycles. The molecule has 3 aromatic rings. The number of aromatic nitrogens is 4. The average Bonchev–Trinajstić information content (AvgIpc) is 3.30. The molecule has 0 bridgehead atoms. The minimum absolute atomic E-state index is 0.0307. The van der Waals surface area contributed by atoms with Crippen LogP contribution in [0.1, 0.15) is 23.2 Å². The standard InChI is InChI=1S/C17H20N6O5S/c1-9(8-26-3)19-11-7-12(28-15(25)13(11)27-4)14(24)20-16-21-22-17(29-16)23-10(2)5-6-18-23/h5-7,9,19H,8H2,1-4H3,(H,20,21,24)/t9-/m0/s1. The van der Waals surface area contributed by atoms with E-state index in [1.807, 2.05) is 19.9 Å². The zero-order valence-electron chi connectivity index (χ0n) is 16.3. The molecule has 0 radical (unpaired) electrons. The van der Waals surface area contributed by atoms with Crippen molar-refractivity contribution in [2.24, 2.45) is 0 Å². The Kier molecular flexibility index (Phi) is 6.24. The van der Waals surface area contributed by atoms with Crippen molar-refractivity contribution >= 4 is 28.1 Å². The third kappa shape index (κ3) is 4.60. The van der Waals surface area contributed by atoms with Gasteiger partial charge in [-0.25, -0.2) is 9.48 Å². The molecule has 3 rings (SSSR count). The lowest BCUT2D eigenvalue weighted by Gasteiger charge is -2.16. The molecule has 1 atom stereocenters. The predicted molar refractivity (Wildman–Crippen MR) is 106 cm³/mol. The summed E-state index contributed by atoms with van der Waals surface area (Å²) in [5, 5.41) is 18.4. The van der Waals surface area contributed by atoms with Crippen molar-refractivity contribution in [3.05, 3.63) is 40.2 Å². The van der Waals surface area contributed by atoms with E-state index in [4.69, 9.17) is 13.9 Å². The van der Waals surface area contributed by atoms with Crippen molar-refractivity contribution in [3.8, 4) is 10.9 Å². The van der Waals surface area contributed by atoms with Gasteiger partial charge < -0.3 is 19.2 Å². The largest absolute Gasteiger partial charge is 0.488 e. The van der Waals surface area contributed by atoms with Gasteiger partial charge >= 0.3 is 5.63 Å². The van der Waals surface area contributed by atoms with Crippen LogP contribution in [0.5, 0.6) is 5.75 Å². The SMILES string of the molecule is COC[C@H](C)Nc1cc(C(=O)Nc2nnc(-n3nccc3C)s2)oc(=O)c1OC. The van der Waals surface area contributed by atoms with Crippen LogP contribution in [0.3, 0.4) is 0 Å². The van der Waals surface area contributed by atoms with Gasteiger partial charge in [-0.05, 0) is 19.9 Å². The highest BCUT2D eigenvalue weighted by Crippen LogP contribution is 2.24. The number of ether oxygens (including phenoxy) is 2. The van der Waals surface area contributed by atoms with Crippen molar-refractivity contribution < 1.29 is 18.7 Å². The molecule has 3 heterocycles. The lowest BCUT2D eigenvalue weighted by atomic mass is 10.2. The van der Waals surface area contributed by atoms with Gasteiger partial charge in [-0.3, -0.25) is 10.1 Å². The molecule has 0 spiro atoms. The first-order valence-electron chi connectivity index (χ1n) is 8.56. The maximum atomic E-state index is 12.6. The van der Waals surface area contributed by atoms with Crippen LogP contribution in [-0.2, 0) is 4.74 Å². The second-order valence-corrected chi connectivity index (χ2v) is 7.03. The number of methoxy groups -OCH3 is 2. The van der Waals surface area contributed by atoms with Gasteiger partial charge in [0, 0.05) is 31.1 Å². The van der Waals surface area contributed by atoms with E-state index < -0.39 is 11.5 Å². The molecule has 0 unspecified atom stereocenters.